The number of hydrogen-bond acceptors (Lipinski definition) is 2. The van der Waals surface area contributed by atoms with E-state index in [9.17, 15) is 0 Å². The topological polar surface area (TPSA) is 15.3 Å². The molecule has 0 saturated carbocycles. The predicted molar refractivity (Wildman–Crippen MR) is 88.8 cm³/mol. The van der Waals surface area contributed by atoms with Gasteiger partial charge in [0.05, 0.1) is 0 Å². The van der Waals surface area contributed by atoms with Gasteiger partial charge >= 0.3 is 0 Å². The maximum atomic E-state index is 5.91. The maximum absolute atomic E-state index is 5.91. The Hall–Kier alpha value is -1.51. The summed E-state index contributed by atoms with van der Waals surface area (Å²) in [6.07, 6.45) is 2.35. The van der Waals surface area contributed by atoms with Crippen molar-refractivity contribution in [3.63, 3.8) is 0 Å². The Labute approximate surface area is 131 Å². The summed E-state index contributed by atoms with van der Waals surface area (Å²) in [6.45, 7) is 3.11. The summed E-state index contributed by atoms with van der Waals surface area (Å²) >= 11 is 5.91. The molecule has 0 amide bonds. The molecule has 0 aromatic heterocycles. The van der Waals surface area contributed by atoms with Gasteiger partial charge in [0.25, 0.3) is 0 Å². The summed E-state index contributed by atoms with van der Waals surface area (Å²) < 4.78 is 0. The van der Waals surface area contributed by atoms with Crippen molar-refractivity contribution in [2.75, 3.05) is 18.0 Å². The number of piperidine rings is 1. The number of halogens is 1. The highest BCUT2D eigenvalue weighted by Gasteiger charge is 2.18. The molecule has 1 N–H and O–H groups in total. The molecule has 1 heterocycles. The molecule has 21 heavy (non-hydrogen) atoms. The highest BCUT2D eigenvalue weighted by molar-refractivity contribution is 6.30. The Balaban J connectivity index is 1.47. The van der Waals surface area contributed by atoms with E-state index in [0.717, 1.165) is 24.7 Å². The van der Waals surface area contributed by atoms with Crippen LogP contribution >= 0.6 is 11.6 Å². The summed E-state index contributed by atoms with van der Waals surface area (Å²) in [4.78, 5) is 2.42. The zero-order valence-electron chi connectivity index (χ0n) is 12.1. The van der Waals surface area contributed by atoms with Crippen molar-refractivity contribution >= 4 is 17.3 Å². The summed E-state index contributed by atoms with van der Waals surface area (Å²) in [6, 6.07) is 20.2. The first-order valence-electron chi connectivity index (χ1n) is 7.51. The third kappa shape index (κ3) is 3.99. The van der Waals surface area contributed by atoms with Crippen LogP contribution in [0.3, 0.4) is 0 Å². The lowest BCUT2D eigenvalue weighted by Gasteiger charge is -2.34. The molecule has 0 bridgehead atoms. The van der Waals surface area contributed by atoms with Crippen molar-refractivity contribution in [3.8, 4) is 0 Å². The number of anilines is 1. The van der Waals surface area contributed by atoms with Gasteiger partial charge in [0.2, 0.25) is 0 Å². The minimum absolute atomic E-state index is 0.598. The van der Waals surface area contributed by atoms with E-state index in [-0.39, 0.29) is 0 Å². The molecule has 3 heteroatoms. The predicted octanol–water partition coefficient (Wildman–Crippen LogP) is 3.90. The molecule has 2 aromatic rings. The second-order valence-electron chi connectivity index (χ2n) is 5.52. The second kappa shape index (κ2) is 6.97. The van der Waals surface area contributed by atoms with Gasteiger partial charge in [0.15, 0.2) is 0 Å². The van der Waals surface area contributed by atoms with Gasteiger partial charge < -0.3 is 10.2 Å². The lowest BCUT2D eigenvalue weighted by Crippen LogP contribution is -2.42. The van der Waals surface area contributed by atoms with E-state index < -0.39 is 0 Å². The average Bonchev–Trinajstić information content (AvgIpc) is 2.56. The molecule has 0 spiro atoms. The molecule has 0 unspecified atom stereocenters. The average molecular weight is 300 g/mol. The Bertz CT molecular complexity index is 545. The molecule has 0 atom stereocenters. The monoisotopic (exact) mass is 299 g/mol. The van der Waals surface area contributed by atoms with Crippen LogP contribution in [0.1, 0.15) is 18.4 Å². The molecule has 1 aliphatic rings. The van der Waals surface area contributed by atoms with Gasteiger partial charge in [-0.3, -0.25) is 0 Å². The highest BCUT2D eigenvalue weighted by atomic mass is 35.5. The van der Waals surface area contributed by atoms with Crippen LogP contribution in [0.5, 0.6) is 0 Å². The summed E-state index contributed by atoms with van der Waals surface area (Å²) in [7, 11) is 0. The SMILES string of the molecule is Clc1ccc(CNC2CCN(c3[c]cccc3)CC2)cc1. The first-order chi connectivity index (χ1) is 10.3. The van der Waals surface area contributed by atoms with Crippen LogP contribution in [0, 0.1) is 6.07 Å². The van der Waals surface area contributed by atoms with Crippen LogP contribution in [0.25, 0.3) is 0 Å². The van der Waals surface area contributed by atoms with Crippen LogP contribution in [0.2, 0.25) is 5.02 Å². The molecule has 0 aliphatic carbocycles. The Morgan fingerprint density at radius 1 is 1.10 bits per heavy atom. The van der Waals surface area contributed by atoms with E-state index in [4.69, 9.17) is 11.6 Å². The zero-order valence-corrected chi connectivity index (χ0v) is 12.8. The molecule has 2 nitrogen and oxygen atoms in total. The van der Waals surface area contributed by atoms with Crippen molar-refractivity contribution in [2.45, 2.75) is 25.4 Å². The third-order valence-electron chi connectivity index (χ3n) is 4.04. The molecular weight excluding hydrogens is 280 g/mol. The number of hydrogen-bond donors (Lipinski definition) is 1. The fraction of sp³-hybridized carbons (Fsp3) is 0.333. The normalized spacial score (nSPS) is 16.1. The van der Waals surface area contributed by atoms with E-state index in [1.54, 1.807) is 0 Å². The second-order valence-corrected chi connectivity index (χ2v) is 5.95. The zero-order chi connectivity index (χ0) is 14.5. The van der Waals surface area contributed by atoms with E-state index in [1.165, 1.54) is 24.1 Å². The summed E-state index contributed by atoms with van der Waals surface area (Å²) in [5, 5.41) is 4.45. The van der Waals surface area contributed by atoms with Gasteiger partial charge in [-0.15, -0.1) is 0 Å². The first-order valence-corrected chi connectivity index (χ1v) is 7.88. The molecule has 1 radical (unpaired) electrons. The fourth-order valence-corrected chi connectivity index (χ4v) is 2.90. The smallest absolute Gasteiger partial charge is 0.0446 e. The standard InChI is InChI=1S/C18H20ClN2/c19-16-8-6-15(7-9-16)14-20-17-10-12-21(13-11-17)18-4-2-1-3-5-18/h1-4,6-9,17,20H,10-14H2. The van der Waals surface area contributed by atoms with Gasteiger partial charge in [-0.25, -0.2) is 0 Å². The van der Waals surface area contributed by atoms with Crippen LogP contribution in [-0.2, 0) is 6.54 Å². The quantitative estimate of drug-likeness (QED) is 0.921. The minimum atomic E-state index is 0.598. The maximum Gasteiger partial charge on any atom is 0.0446 e. The molecule has 109 valence electrons. The Morgan fingerprint density at radius 2 is 1.86 bits per heavy atom. The largest absolute Gasteiger partial charge is 0.371 e. The van der Waals surface area contributed by atoms with Crippen molar-refractivity contribution < 1.29 is 0 Å². The van der Waals surface area contributed by atoms with Gasteiger partial charge in [0.1, 0.15) is 0 Å². The molecule has 1 saturated heterocycles. The summed E-state index contributed by atoms with van der Waals surface area (Å²) in [5.41, 5.74) is 2.51. The first kappa shape index (κ1) is 14.4. The van der Waals surface area contributed by atoms with E-state index >= 15 is 0 Å². The highest BCUT2D eigenvalue weighted by Crippen LogP contribution is 2.19. The van der Waals surface area contributed by atoms with Crippen molar-refractivity contribution in [1.82, 2.24) is 5.32 Å². The lowest BCUT2D eigenvalue weighted by molar-refractivity contribution is 0.414. The Morgan fingerprint density at radius 3 is 2.52 bits per heavy atom. The number of benzene rings is 2. The van der Waals surface area contributed by atoms with Gasteiger partial charge in [-0.2, -0.15) is 0 Å². The minimum Gasteiger partial charge on any atom is -0.371 e. The van der Waals surface area contributed by atoms with Crippen LogP contribution in [-0.4, -0.2) is 19.1 Å². The molecule has 1 fully saturated rings. The molecular formula is C18H20ClN2. The van der Waals surface area contributed by atoms with E-state index in [0.29, 0.717) is 6.04 Å². The fourth-order valence-electron chi connectivity index (χ4n) is 2.77. The number of para-hydroxylation sites is 1. The van der Waals surface area contributed by atoms with E-state index in [2.05, 4.69) is 40.5 Å². The number of nitrogens with one attached hydrogen (secondary N) is 1. The van der Waals surface area contributed by atoms with Crippen molar-refractivity contribution in [2.24, 2.45) is 0 Å². The van der Waals surface area contributed by atoms with E-state index in [1.807, 2.05) is 24.3 Å². The molecule has 2 aromatic carbocycles. The number of nitrogens with zero attached hydrogens (tertiary/aromatic N) is 1. The van der Waals surface area contributed by atoms with Crippen molar-refractivity contribution in [3.05, 3.63) is 65.2 Å². The van der Waals surface area contributed by atoms with Crippen LogP contribution in [0.15, 0.2) is 48.5 Å². The third-order valence-corrected chi connectivity index (χ3v) is 4.29. The molecule has 3 rings (SSSR count). The van der Waals surface area contributed by atoms with Crippen LogP contribution in [0.4, 0.5) is 5.69 Å². The lowest BCUT2D eigenvalue weighted by atomic mass is 10.0. The number of rotatable bonds is 4. The molecule has 1 aliphatic heterocycles. The van der Waals surface area contributed by atoms with Gasteiger partial charge in [-0.1, -0.05) is 41.9 Å². The Kier molecular flexibility index (Phi) is 4.79. The van der Waals surface area contributed by atoms with Crippen LogP contribution < -0.4 is 10.2 Å². The van der Waals surface area contributed by atoms with Crippen molar-refractivity contribution in [1.29, 1.82) is 0 Å². The summed E-state index contributed by atoms with van der Waals surface area (Å²) in [5.74, 6) is 0. The van der Waals surface area contributed by atoms with Gasteiger partial charge in [-0.05, 0) is 36.6 Å². The van der Waals surface area contributed by atoms with Gasteiger partial charge in [0, 0.05) is 42.5 Å².